The van der Waals surface area contributed by atoms with Gasteiger partial charge in [0.05, 0.1) is 34.7 Å². The molecule has 2 aromatic rings. The van der Waals surface area contributed by atoms with E-state index < -0.39 is 15.9 Å². The molecule has 1 unspecified atom stereocenters. The van der Waals surface area contributed by atoms with E-state index in [0.717, 1.165) is 11.1 Å². The molecule has 6 nitrogen and oxygen atoms in total. The Morgan fingerprint density at radius 1 is 1.18 bits per heavy atom. The van der Waals surface area contributed by atoms with E-state index in [1.807, 2.05) is 38.1 Å². The number of carbonyl (C=O) groups excluding carboxylic acids is 1. The van der Waals surface area contributed by atoms with Gasteiger partial charge < -0.3 is 10.1 Å². The molecule has 8 heteroatoms. The smallest absolute Gasteiger partial charge is 0.253 e. The fraction of sp³-hybridized carbons (Fsp3) is 0.350. The number of nitrogens with zero attached hydrogens (tertiary/aromatic N) is 1. The van der Waals surface area contributed by atoms with Crippen LogP contribution in [0.3, 0.4) is 0 Å². The first kappa shape index (κ1) is 20.8. The minimum absolute atomic E-state index is 0.0486. The maximum atomic E-state index is 12.9. The summed E-state index contributed by atoms with van der Waals surface area (Å²) in [7, 11) is -3.71. The number of sulfonamides is 1. The Kier molecular flexibility index (Phi) is 6.40. The van der Waals surface area contributed by atoms with Crippen molar-refractivity contribution >= 4 is 27.5 Å². The molecule has 1 heterocycles. The maximum Gasteiger partial charge on any atom is 0.253 e. The standard InChI is InChI=1S/C20H23ClN2O4S/c1-14-5-3-4-6-17(14)15(2)22-20(24)18-13-16(7-8-19(18)21)28(25,26)23-9-11-27-12-10-23/h3-8,13,15H,9-12H2,1-2H3,(H,22,24). The molecule has 1 atom stereocenters. The van der Waals surface area contributed by atoms with Crippen LogP contribution in [-0.4, -0.2) is 44.9 Å². The van der Waals surface area contributed by atoms with E-state index in [9.17, 15) is 13.2 Å². The number of rotatable bonds is 5. The van der Waals surface area contributed by atoms with Crippen molar-refractivity contribution in [3.8, 4) is 0 Å². The average Bonchev–Trinajstić information content (AvgIpc) is 2.69. The van der Waals surface area contributed by atoms with Crippen molar-refractivity contribution in [1.82, 2.24) is 9.62 Å². The predicted molar refractivity (Wildman–Crippen MR) is 108 cm³/mol. The summed E-state index contributed by atoms with van der Waals surface area (Å²) in [4.78, 5) is 12.8. The zero-order valence-corrected chi connectivity index (χ0v) is 17.4. The first-order valence-corrected chi connectivity index (χ1v) is 10.9. The first-order chi connectivity index (χ1) is 13.3. The van der Waals surface area contributed by atoms with E-state index in [-0.39, 0.29) is 34.6 Å². The molecule has 0 aliphatic carbocycles. The Hall–Kier alpha value is -1.93. The molecule has 3 rings (SSSR count). The number of hydrogen-bond donors (Lipinski definition) is 1. The average molecular weight is 423 g/mol. The van der Waals surface area contributed by atoms with Gasteiger partial charge in [-0.25, -0.2) is 8.42 Å². The van der Waals surface area contributed by atoms with Crippen LogP contribution in [0, 0.1) is 6.92 Å². The van der Waals surface area contributed by atoms with Crippen molar-refractivity contribution in [2.24, 2.45) is 0 Å². The molecule has 1 fully saturated rings. The number of ether oxygens (including phenoxy) is 1. The van der Waals surface area contributed by atoms with Crippen LogP contribution in [0.25, 0.3) is 0 Å². The Morgan fingerprint density at radius 3 is 2.54 bits per heavy atom. The van der Waals surface area contributed by atoms with Gasteiger partial charge in [-0.1, -0.05) is 35.9 Å². The third-order valence-electron chi connectivity index (χ3n) is 4.79. The second-order valence-electron chi connectivity index (χ2n) is 6.71. The second kappa shape index (κ2) is 8.61. The molecule has 1 saturated heterocycles. The molecule has 1 aliphatic rings. The van der Waals surface area contributed by atoms with Gasteiger partial charge in [0.15, 0.2) is 0 Å². The Labute approximate surface area is 170 Å². The molecular formula is C20H23ClN2O4S. The maximum absolute atomic E-state index is 12.9. The quantitative estimate of drug-likeness (QED) is 0.803. The van der Waals surface area contributed by atoms with Crippen molar-refractivity contribution in [2.45, 2.75) is 24.8 Å². The normalized spacial score (nSPS) is 16.5. The fourth-order valence-electron chi connectivity index (χ4n) is 3.20. The Bertz CT molecular complexity index is 972. The minimum Gasteiger partial charge on any atom is -0.379 e. The van der Waals surface area contributed by atoms with E-state index >= 15 is 0 Å². The number of benzene rings is 2. The first-order valence-electron chi connectivity index (χ1n) is 9.04. The number of morpholine rings is 1. The van der Waals surface area contributed by atoms with Crippen LogP contribution < -0.4 is 5.32 Å². The summed E-state index contributed by atoms with van der Waals surface area (Å²) in [5.74, 6) is -0.417. The van der Waals surface area contributed by atoms with Gasteiger partial charge in [0.2, 0.25) is 10.0 Å². The molecule has 0 aromatic heterocycles. The number of hydrogen-bond acceptors (Lipinski definition) is 4. The number of nitrogens with one attached hydrogen (secondary N) is 1. The minimum atomic E-state index is -3.71. The fourth-order valence-corrected chi connectivity index (χ4v) is 4.84. The van der Waals surface area contributed by atoms with Crippen molar-refractivity contribution in [3.05, 3.63) is 64.2 Å². The van der Waals surface area contributed by atoms with Gasteiger partial charge in [-0.05, 0) is 43.2 Å². The van der Waals surface area contributed by atoms with Crippen LogP contribution in [0.4, 0.5) is 0 Å². The summed E-state index contributed by atoms with van der Waals surface area (Å²) in [5.41, 5.74) is 2.19. The summed E-state index contributed by atoms with van der Waals surface area (Å²) < 4.78 is 32.3. The number of halogens is 1. The van der Waals surface area contributed by atoms with E-state index in [1.54, 1.807) is 0 Å². The molecule has 150 valence electrons. The lowest BCUT2D eigenvalue weighted by Crippen LogP contribution is -2.40. The van der Waals surface area contributed by atoms with Crippen LogP contribution in [0.15, 0.2) is 47.4 Å². The van der Waals surface area contributed by atoms with E-state index in [2.05, 4.69) is 5.32 Å². The van der Waals surface area contributed by atoms with Crippen LogP contribution in [0.2, 0.25) is 5.02 Å². The van der Waals surface area contributed by atoms with Gasteiger partial charge in [-0.15, -0.1) is 0 Å². The molecule has 0 radical (unpaired) electrons. The largest absolute Gasteiger partial charge is 0.379 e. The summed E-state index contributed by atoms with van der Waals surface area (Å²) in [5, 5.41) is 3.10. The van der Waals surface area contributed by atoms with Crippen molar-refractivity contribution in [3.63, 3.8) is 0 Å². The highest BCUT2D eigenvalue weighted by atomic mass is 35.5. The topological polar surface area (TPSA) is 75.7 Å². The number of aryl methyl sites for hydroxylation is 1. The molecular weight excluding hydrogens is 400 g/mol. The SMILES string of the molecule is Cc1ccccc1C(C)NC(=O)c1cc(S(=O)(=O)N2CCOCC2)ccc1Cl. The molecule has 2 aromatic carbocycles. The molecule has 0 saturated carbocycles. The summed E-state index contributed by atoms with van der Waals surface area (Å²) in [6, 6.07) is 11.7. The highest BCUT2D eigenvalue weighted by Crippen LogP contribution is 2.25. The summed E-state index contributed by atoms with van der Waals surface area (Å²) >= 11 is 6.20. The van der Waals surface area contributed by atoms with Gasteiger partial charge in [0.1, 0.15) is 0 Å². The molecule has 1 amide bonds. The molecule has 0 spiro atoms. The van der Waals surface area contributed by atoms with E-state index in [4.69, 9.17) is 16.3 Å². The van der Waals surface area contributed by atoms with Crippen LogP contribution >= 0.6 is 11.6 Å². The number of amides is 1. The summed E-state index contributed by atoms with van der Waals surface area (Å²) in [6.07, 6.45) is 0. The molecule has 1 aliphatic heterocycles. The van der Waals surface area contributed by atoms with Gasteiger partial charge in [0.25, 0.3) is 5.91 Å². The Morgan fingerprint density at radius 2 is 1.86 bits per heavy atom. The zero-order valence-electron chi connectivity index (χ0n) is 15.8. The van der Waals surface area contributed by atoms with Crippen molar-refractivity contribution in [2.75, 3.05) is 26.3 Å². The van der Waals surface area contributed by atoms with E-state index in [0.29, 0.717) is 13.2 Å². The number of carbonyl (C=O) groups is 1. The van der Waals surface area contributed by atoms with Crippen LogP contribution in [0.1, 0.15) is 34.5 Å². The summed E-state index contributed by atoms with van der Waals surface area (Å²) in [6.45, 7) is 5.14. The van der Waals surface area contributed by atoms with Crippen molar-refractivity contribution < 1.29 is 17.9 Å². The molecule has 0 bridgehead atoms. The highest BCUT2D eigenvalue weighted by Gasteiger charge is 2.28. The van der Waals surface area contributed by atoms with Crippen molar-refractivity contribution in [1.29, 1.82) is 0 Å². The molecule has 28 heavy (non-hydrogen) atoms. The third-order valence-corrected chi connectivity index (χ3v) is 7.02. The van der Waals surface area contributed by atoms with Gasteiger partial charge in [-0.2, -0.15) is 4.31 Å². The lowest BCUT2D eigenvalue weighted by atomic mass is 10.0. The second-order valence-corrected chi connectivity index (χ2v) is 9.05. The Balaban J connectivity index is 1.85. The molecule has 1 N–H and O–H groups in total. The lowest BCUT2D eigenvalue weighted by molar-refractivity contribution is 0.0730. The third kappa shape index (κ3) is 4.38. The monoisotopic (exact) mass is 422 g/mol. The van der Waals surface area contributed by atoms with Crippen LogP contribution in [0.5, 0.6) is 0 Å². The highest BCUT2D eigenvalue weighted by molar-refractivity contribution is 7.89. The predicted octanol–water partition coefficient (Wildman–Crippen LogP) is 3.16. The van der Waals surface area contributed by atoms with Gasteiger partial charge in [-0.3, -0.25) is 4.79 Å². The zero-order chi connectivity index (χ0) is 20.3. The van der Waals surface area contributed by atoms with E-state index in [1.165, 1.54) is 22.5 Å². The van der Waals surface area contributed by atoms with Gasteiger partial charge >= 0.3 is 0 Å². The lowest BCUT2D eigenvalue weighted by Gasteiger charge is -2.26. The van der Waals surface area contributed by atoms with Gasteiger partial charge in [0, 0.05) is 13.1 Å². The van der Waals surface area contributed by atoms with Crippen LogP contribution in [-0.2, 0) is 14.8 Å².